The maximum absolute atomic E-state index is 12.1. The molecule has 4 aromatic rings. The molecule has 0 aliphatic rings. The average Bonchev–Trinajstić information content (AvgIpc) is 2.91. The zero-order chi connectivity index (χ0) is 30.2. The minimum absolute atomic E-state index is 0.00882. The van der Waals surface area contributed by atoms with Gasteiger partial charge >= 0.3 is 12.0 Å². The maximum atomic E-state index is 12.1. The summed E-state index contributed by atoms with van der Waals surface area (Å²) in [4.78, 5) is 33.2. The Labute approximate surface area is 243 Å². The number of benzene rings is 3. The van der Waals surface area contributed by atoms with Crippen molar-refractivity contribution in [3.63, 3.8) is 0 Å². The number of aryl methyl sites for hydroxylation is 1. The fraction of sp³-hybridized carbons (Fsp3) is 0.0833. The molecule has 0 aliphatic heterocycles. The van der Waals surface area contributed by atoms with Crippen LogP contribution in [0.2, 0.25) is 10.0 Å². The van der Waals surface area contributed by atoms with Gasteiger partial charge in [0.15, 0.2) is 0 Å². The third-order valence-corrected chi connectivity index (χ3v) is 7.00. The summed E-state index contributed by atoms with van der Waals surface area (Å²) in [6.45, 7) is 1.56. The molecule has 1 aromatic heterocycles. The van der Waals surface area contributed by atoms with Gasteiger partial charge in [0.2, 0.25) is 5.95 Å². The number of nitrogen functional groups attached to an aromatic ring is 1. The smallest absolute Gasteiger partial charge is 0.335 e. The lowest BCUT2D eigenvalue weighted by atomic mass is 10.2. The number of halogens is 2. The van der Waals surface area contributed by atoms with Gasteiger partial charge in [0, 0.05) is 6.07 Å². The number of nitrogens with two attached hydrogens (primary N) is 1. The van der Waals surface area contributed by atoms with Crippen molar-refractivity contribution in [3.05, 3.63) is 92.7 Å². The first-order valence-corrected chi connectivity index (χ1v) is 13.5. The number of amides is 2. The SMILES string of the molecule is COc1nc(C)nc(NC(=O)NS(=O)(=O)c2ccccc2Cl)n1.Nc1c([N+](=O)[O-])ccc(Oc2ccccc2)c1Cl. The monoisotopic (exact) mass is 621 g/mol. The van der Waals surface area contributed by atoms with Gasteiger partial charge in [0.25, 0.3) is 15.7 Å². The lowest BCUT2D eigenvalue weighted by Gasteiger charge is -2.09. The molecule has 0 saturated carbocycles. The summed E-state index contributed by atoms with van der Waals surface area (Å²) in [5.74, 6) is 1.00. The molecule has 1 heterocycles. The lowest BCUT2D eigenvalue weighted by Crippen LogP contribution is -2.35. The number of methoxy groups -OCH3 is 1. The van der Waals surface area contributed by atoms with Crippen LogP contribution in [-0.2, 0) is 10.0 Å². The molecule has 0 fully saturated rings. The Morgan fingerprint density at radius 2 is 1.66 bits per heavy atom. The normalized spacial score (nSPS) is 10.5. The van der Waals surface area contributed by atoms with Gasteiger partial charge in [0.05, 0.1) is 17.1 Å². The van der Waals surface area contributed by atoms with E-state index < -0.39 is 21.0 Å². The molecular formula is C24H21Cl2N7O7S. The van der Waals surface area contributed by atoms with Crippen molar-refractivity contribution in [2.75, 3.05) is 18.2 Å². The number of nitrogens with zero attached hydrogens (tertiary/aromatic N) is 4. The number of aromatic nitrogens is 3. The van der Waals surface area contributed by atoms with Crippen molar-refractivity contribution < 1.29 is 27.6 Å². The van der Waals surface area contributed by atoms with E-state index in [1.54, 1.807) is 37.3 Å². The highest BCUT2D eigenvalue weighted by Gasteiger charge is 2.21. The number of carbonyl (C=O) groups excluding carboxylic acids is 1. The summed E-state index contributed by atoms with van der Waals surface area (Å²) in [5, 5.41) is 12.9. The second-order valence-corrected chi connectivity index (χ2v) is 10.1. The van der Waals surface area contributed by atoms with E-state index >= 15 is 0 Å². The number of para-hydroxylation sites is 1. The first kappa shape index (κ1) is 30.8. The van der Waals surface area contributed by atoms with E-state index in [0.29, 0.717) is 11.6 Å². The highest BCUT2D eigenvalue weighted by molar-refractivity contribution is 7.90. The van der Waals surface area contributed by atoms with E-state index in [0.717, 1.165) is 0 Å². The summed E-state index contributed by atoms with van der Waals surface area (Å²) in [6.07, 6.45) is 0. The third kappa shape index (κ3) is 8.38. The highest BCUT2D eigenvalue weighted by Crippen LogP contribution is 2.38. The Bertz CT molecular complexity index is 1680. The Morgan fingerprint density at radius 3 is 2.29 bits per heavy atom. The summed E-state index contributed by atoms with van der Waals surface area (Å²) in [7, 11) is -2.78. The predicted molar refractivity (Wildman–Crippen MR) is 151 cm³/mol. The van der Waals surface area contributed by atoms with E-state index in [9.17, 15) is 23.3 Å². The number of nitrogens with one attached hydrogen (secondary N) is 2. The molecule has 0 atom stereocenters. The highest BCUT2D eigenvalue weighted by atomic mass is 35.5. The van der Waals surface area contributed by atoms with Gasteiger partial charge in [0.1, 0.15) is 32.9 Å². The van der Waals surface area contributed by atoms with E-state index in [2.05, 4.69) is 20.3 Å². The zero-order valence-corrected chi connectivity index (χ0v) is 23.6. The number of anilines is 2. The van der Waals surface area contributed by atoms with E-state index in [-0.39, 0.29) is 44.0 Å². The van der Waals surface area contributed by atoms with Crippen molar-refractivity contribution in [1.29, 1.82) is 0 Å². The summed E-state index contributed by atoms with van der Waals surface area (Å²) in [6, 6.07) is 16.3. The van der Waals surface area contributed by atoms with Crippen molar-refractivity contribution in [2.24, 2.45) is 0 Å². The fourth-order valence-corrected chi connectivity index (χ4v) is 4.61. The Hall–Kier alpha value is -4.73. The molecule has 0 unspecified atom stereocenters. The number of hydrogen-bond donors (Lipinski definition) is 3. The number of nitro benzene ring substituents is 1. The molecule has 0 spiro atoms. The zero-order valence-electron chi connectivity index (χ0n) is 21.2. The molecular weight excluding hydrogens is 601 g/mol. The number of sulfonamides is 1. The van der Waals surface area contributed by atoms with Crippen LogP contribution in [0.1, 0.15) is 5.82 Å². The second-order valence-electron chi connectivity index (χ2n) is 7.67. The lowest BCUT2D eigenvalue weighted by molar-refractivity contribution is -0.383. The first-order valence-electron chi connectivity index (χ1n) is 11.2. The van der Waals surface area contributed by atoms with Crippen LogP contribution < -0.4 is 25.2 Å². The van der Waals surface area contributed by atoms with Crippen LogP contribution in [0.25, 0.3) is 0 Å². The minimum atomic E-state index is -4.13. The molecule has 0 bridgehead atoms. The van der Waals surface area contributed by atoms with Crippen LogP contribution in [0.4, 0.5) is 22.1 Å². The summed E-state index contributed by atoms with van der Waals surface area (Å²) in [5.41, 5.74) is 5.25. The van der Waals surface area contributed by atoms with E-state index in [1.165, 1.54) is 37.4 Å². The molecule has 214 valence electrons. The Balaban J connectivity index is 0.000000232. The quantitative estimate of drug-likeness (QED) is 0.143. The molecule has 41 heavy (non-hydrogen) atoms. The van der Waals surface area contributed by atoms with Crippen LogP contribution in [0.5, 0.6) is 17.5 Å². The topological polar surface area (TPSA) is 202 Å². The van der Waals surface area contributed by atoms with Gasteiger partial charge in [-0.15, -0.1) is 0 Å². The Morgan fingerprint density at radius 1 is 1.00 bits per heavy atom. The number of urea groups is 1. The number of rotatable bonds is 7. The number of nitro groups is 1. The van der Waals surface area contributed by atoms with Crippen molar-refractivity contribution in [3.8, 4) is 17.5 Å². The standard InChI is InChI=1S/C12H12ClN5O4S.C12H9ClN2O3/c1-7-14-10(17-12(15-7)22-2)16-11(19)18-23(20,21)9-6-4-3-5-8(9)13;13-11-10(18-8-4-2-1-3-5-8)7-6-9(12(11)14)15(16)17/h3-6H,1-2H3,(H2,14,15,16,17,18,19);1-7H,14H2. The van der Waals surface area contributed by atoms with Gasteiger partial charge < -0.3 is 15.2 Å². The molecule has 0 radical (unpaired) electrons. The number of ether oxygens (including phenoxy) is 2. The molecule has 2 amide bonds. The number of hydrogen-bond acceptors (Lipinski definition) is 11. The van der Waals surface area contributed by atoms with Gasteiger partial charge in [-0.3, -0.25) is 15.4 Å². The third-order valence-electron chi connectivity index (χ3n) is 4.78. The van der Waals surface area contributed by atoms with Crippen LogP contribution in [0.3, 0.4) is 0 Å². The van der Waals surface area contributed by atoms with Crippen LogP contribution in [0, 0.1) is 17.0 Å². The largest absolute Gasteiger partial charge is 0.467 e. The molecule has 4 N–H and O–H groups in total. The predicted octanol–water partition coefficient (Wildman–Crippen LogP) is 4.98. The van der Waals surface area contributed by atoms with Gasteiger partial charge in [-0.05, 0) is 37.3 Å². The molecule has 0 aliphatic carbocycles. The number of carbonyl (C=O) groups is 1. The van der Waals surface area contributed by atoms with Gasteiger partial charge in [-0.2, -0.15) is 15.0 Å². The molecule has 14 nitrogen and oxygen atoms in total. The first-order chi connectivity index (χ1) is 19.4. The van der Waals surface area contributed by atoms with Crippen LogP contribution >= 0.6 is 23.2 Å². The summed E-state index contributed by atoms with van der Waals surface area (Å²) >= 11 is 11.8. The molecule has 0 saturated heterocycles. The fourth-order valence-electron chi connectivity index (χ4n) is 2.99. The minimum Gasteiger partial charge on any atom is -0.467 e. The van der Waals surface area contributed by atoms with Crippen LogP contribution in [-0.4, -0.2) is 41.4 Å². The molecule has 17 heteroatoms. The van der Waals surface area contributed by atoms with Gasteiger partial charge in [-0.1, -0.05) is 53.5 Å². The van der Waals surface area contributed by atoms with Crippen molar-refractivity contribution >= 4 is 56.6 Å². The summed E-state index contributed by atoms with van der Waals surface area (Å²) < 4.78 is 36.4. The Kier molecular flexibility index (Phi) is 10.2. The molecule has 4 rings (SSSR count). The average molecular weight is 622 g/mol. The van der Waals surface area contributed by atoms with E-state index in [1.807, 2.05) is 10.8 Å². The van der Waals surface area contributed by atoms with E-state index in [4.69, 9.17) is 38.4 Å². The van der Waals surface area contributed by atoms with Crippen LogP contribution in [0.15, 0.2) is 71.6 Å². The molecule has 3 aromatic carbocycles. The van der Waals surface area contributed by atoms with Crippen molar-refractivity contribution in [2.45, 2.75) is 11.8 Å². The van der Waals surface area contributed by atoms with Gasteiger partial charge in [-0.25, -0.2) is 17.9 Å². The maximum Gasteiger partial charge on any atom is 0.335 e. The van der Waals surface area contributed by atoms with Crippen molar-refractivity contribution in [1.82, 2.24) is 19.7 Å². The second kappa shape index (κ2) is 13.6.